The van der Waals surface area contributed by atoms with E-state index in [9.17, 15) is 0 Å². The lowest BCUT2D eigenvalue weighted by molar-refractivity contribution is 0.219. The molecule has 2 saturated heterocycles. The zero-order chi connectivity index (χ0) is 14.7. The fourth-order valence-corrected chi connectivity index (χ4v) is 3.96. The molecule has 2 N–H and O–H groups in total. The van der Waals surface area contributed by atoms with Gasteiger partial charge < -0.3 is 10.6 Å². The number of nitrogens with two attached hydrogens (primary N) is 1. The molecule has 2 aliphatic rings. The molecular weight excluding hydrogens is 278 g/mol. The van der Waals surface area contributed by atoms with Gasteiger partial charge in [0.15, 0.2) is 0 Å². The zero-order valence-corrected chi connectivity index (χ0v) is 13.4. The molecule has 0 bridgehead atoms. The minimum Gasteiger partial charge on any atom is -0.393 e. The summed E-state index contributed by atoms with van der Waals surface area (Å²) >= 11 is 5.34. The first-order valence-electron chi connectivity index (χ1n) is 8.04. The molecular formula is C17H25N3S. The van der Waals surface area contributed by atoms with Gasteiger partial charge in [-0.1, -0.05) is 42.5 Å². The molecule has 3 rings (SSSR count). The average Bonchev–Trinajstić information content (AvgIpc) is 2.83. The summed E-state index contributed by atoms with van der Waals surface area (Å²) in [5.74, 6) is 0.175. The highest BCUT2D eigenvalue weighted by atomic mass is 32.1. The Kier molecular flexibility index (Phi) is 4.88. The van der Waals surface area contributed by atoms with E-state index in [1.54, 1.807) is 0 Å². The van der Waals surface area contributed by atoms with Crippen molar-refractivity contribution in [3.05, 3.63) is 35.9 Å². The van der Waals surface area contributed by atoms with E-state index in [0.29, 0.717) is 4.99 Å². The van der Waals surface area contributed by atoms with Gasteiger partial charge in [0.05, 0.1) is 4.99 Å². The molecule has 4 heteroatoms. The van der Waals surface area contributed by atoms with Crippen molar-refractivity contribution in [3.63, 3.8) is 0 Å². The average molecular weight is 303 g/mol. The van der Waals surface area contributed by atoms with Crippen LogP contribution in [-0.4, -0.2) is 53.6 Å². The first kappa shape index (κ1) is 14.9. The van der Waals surface area contributed by atoms with Gasteiger partial charge in [-0.3, -0.25) is 4.90 Å². The summed E-state index contributed by atoms with van der Waals surface area (Å²) < 4.78 is 0. The number of hydrogen-bond acceptors (Lipinski definition) is 3. The summed E-state index contributed by atoms with van der Waals surface area (Å²) in [5, 5.41) is 0. The van der Waals surface area contributed by atoms with Crippen LogP contribution in [-0.2, 0) is 0 Å². The van der Waals surface area contributed by atoms with Crippen molar-refractivity contribution in [2.24, 2.45) is 5.73 Å². The summed E-state index contributed by atoms with van der Waals surface area (Å²) in [4.78, 5) is 5.86. The molecule has 0 radical (unpaired) electrons. The summed E-state index contributed by atoms with van der Waals surface area (Å²) in [6.45, 7) is 5.84. The van der Waals surface area contributed by atoms with Gasteiger partial charge in [0, 0.05) is 25.0 Å². The quantitative estimate of drug-likeness (QED) is 0.865. The Morgan fingerprint density at radius 1 is 1.19 bits per heavy atom. The Morgan fingerprint density at radius 3 is 2.71 bits per heavy atom. The topological polar surface area (TPSA) is 32.5 Å². The largest absolute Gasteiger partial charge is 0.393 e. The summed E-state index contributed by atoms with van der Waals surface area (Å²) in [6, 6.07) is 11.2. The standard InChI is InChI=1S/C17H25N3S/c18-17(21)16(14-6-2-1-3-7-14)13-19-9-5-11-20-10-4-8-15(20)12-19/h1-3,6-7,15-16H,4-5,8-13H2,(H2,18,21). The van der Waals surface area contributed by atoms with Crippen LogP contribution in [0.4, 0.5) is 0 Å². The van der Waals surface area contributed by atoms with Gasteiger partial charge in [0.25, 0.3) is 0 Å². The third kappa shape index (κ3) is 3.62. The monoisotopic (exact) mass is 303 g/mol. The molecule has 0 amide bonds. The van der Waals surface area contributed by atoms with Crippen LogP contribution in [0.25, 0.3) is 0 Å². The molecule has 2 atom stereocenters. The van der Waals surface area contributed by atoms with Crippen LogP contribution in [0.1, 0.15) is 30.7 Å². The predicted octanol–water partition coefficient (Wildman–Crippen LogP) is 2.23. The van der Waals surface area contributed by atoms with E-state index in [0.717, 1.165) is 12.6 Å². The van der Waals surface area contributed by atoms with E-state index in [2.05, 4.69) is 34.1 Å². The third-order valence-electron chi connectivity index (χ3n) is 4.87. The van der Waals surface area contributed by atoms with Crippen molar-refractivity contribution in [3.8, 4) is 0 Å². The van der Waals surface area contributed by atoms with Crippen molar-refractivity contribution >= 4 is 17.2 Å². The Labute approximate surface area is 133 Å². The van der Waals surface area contributed by atoms with E-state index in [1.807, 2.05) is 6.07 Å². The van der Waals surface area contributed by atoms with Gasteiger partial charge in [-0.25, -0.2) is 0 Å². The third-order valence-corrected chi connectivity index (χ3v) is 5.16. The highest BCUT2D eigenvalue weighted by Crippen LogP contribution is 2.24. The minimum atomic E-state index is 0.175. The molecule has 1 aromatic carbocycles. The number of fused-ring (bicyclic) bond motifs is 1. The van der Waals surface area contributed by atoms with Crippen LogP contribution < -0.4 is 5.73 Å². The van der Waals surface area contributed by atoms with Crippen LogP contribution in [0, 0.1) is 0 Å². The van der Waals surface area contributed by atoms with Gasteiger partial charge in [0.2, 0.25) is 0 Å². The molecule has 0 spiro atoms. The molecule has 114 valence electrons. The lowest BCUT2D eigenvalue weighted by Crippen LogP contribution is -2.40. The summed E-state index contributed by atoms with van der Waals surface area (Å²) in [6.07, 6.45) is 3.96. The molecule has 21 heavy (non-hydrogen) atoms. The van der Waals surface area contributed by atoms with Crippen molar-refractivity contribution in [2.45, 2.75) is 31.2 Å². The first-order valence-corrected chi connectivity index (χ1v) is 8.45. The maximum atomic E-state index is 6.03. The lowest BCUT2D eigenvalue weighted by atomic mass is 9.98. The van der Waals surface area contributed by atoms with Crippen LogP contribution >= 0.6 is 12.2 Å². The highest BCUT2D eigenvalue weighted by Gasteiger charge is 2.30. The van der Waals surface area contributed by atoms with Gasteiger partial charge in [-0.05, 0) is 44.5 Å². The molecule has 3 nitrogen and oxygen atoms in total. The van der Waals surface area contributed by atoms with E-state index in [-0.39, 0.29) is 5.92 Å². The van der Waals surface area contributed by atoms with Crippen LogP contribution in [0.3, 0.4) is 0 Å². The lowest BCUT2D eigenvalue weighted by Gasteiger charge is -2.29. The second kappa shape index (κ2) is 6.86. The predicted molar refractivity (Wildman–Crippen MR) is 91.6 cm³/mol. The fourth-order valence-electron chi connectivity index (χ4n) is 3.75. The second-order valence-corrected chi connectivity index (χ2v) is 6.78. The van der Waals surface area contributed by atoms with Gasteiger partial charge >= 0.3 is 0 Å². The van der Waals surface area contributed by atoms with Gasteiger partial charge in [0.1, 0.15) is 0 Å². The molecule has 0 aromatic heterocycles. The molecule has 2 unspecified atom stereocenters. The van der Waals surface area contributed by atoms with E-state index in [1.165, 1.54) is 51.0 Å². The maximum Gasteiger partial charge on any atom is 0.0816 e. The van der Waals surface area contributed by atoms with Crippen LogP contribution in [0.5, 0.6) is 0 Å². The normalized spacial score (nSPS) is 25.2. The summed E-state index contributed by atoms with van der Waals surface area (Å²) in [7, 11) is 0. The van der Waals surface area contributed by atoms with Crippen molar-refractivity contribution in [1.29, 1.82) is 0 Å². The zero-order valence-electron chi connectivity index (χ0n) is 12.6. The molecule has 2 heterocycles. The van der Waals surface area contributed by atoms with Crippen LogP contribution in [0.2, 0.25) is 0 Å². The second-order valence-electron chi connectivity index (χ2n) is 6.31. The molecule has 2 aliphatic heterocycles. The Morgan fingerprint density at radius 2 is 1.95 bits per heavy atom. The van der Waals surface area contributed by atoms with E-state index < -0.39 is 0 Å². The van der Waals surface area contributed by atoms with E-state index >= 15 is 0 Å². The first-order chi connectivity index (χ1) is 10.2. The SMILES string of the molecule is NC(=S)C(CN1CCCN2CCCC2C1)c1ccccc1. The summed E-state index contributed by atoms with van der Waals surface area (Å²) in [5.41, 5.74) is 7.27. The van der Waals surface area contributed by atoms with Gasteiger partial charge in [-0.2, -0.15) is 0 Å². The number of benzene rings is 1. The van der Waals surface area contributed by atoms with Crippen molar-refractivity contribution in [2.75, 3.05) is 32.7 Å². The molecule has 0 saturated carbocycles. The molecule has 0 aliphatic carbocycles. The highest BCUT2D eigenvalue weighted by molar-refractivity contribution is 7.80. The Bertz CT molecular complexity index is 476. The van der Waals surface area contributed by atoms with Gasteiger partial charge in [-0.15, -0.1) is 0 Å². The Hall–Kier alpha value is -0.970. The van der Waals surface area contributed by atoms with Crippen molar-refractivity contribution in [1.82, 2.24) is 9.80 Å². The molecule has 1 aromatic rings. The maximum absolute atomic E-state index is 6.03. The minimum absolute atomic E-state index is 0.175. The van der Waals surface area contributed by atoms with Crippen molar-refractivity contribution < 1.29 is 0 Å². The Balaban J connectivity index is 1.69. The number of thiocarbonyl (C=S) groups is 1. The molecule has 2 fully saturated rings. The van der Waals surface area contributed by atoms with E-state index in [4.69, 9.17) is 18.0 Å². The van der Waals surface area contributed by atoms with Crippen LogP contribution in [0.15, 0.2) is 30.3 Å². The fraction of sp³-hybridized carbons (Fsp3) is 0.588. The number of nitrogens with zero attached hydrogens (tertiary/aromatic N) is 2. The smallest absolute Gasteiger partial charge is 0.0816 e. The number of rotatable bonds is 4. The number of hydrogen-bond donors (Lipinski definition) is 1.